The molecule has 6 heteroatoms. The van der Waals surface area contributed by atoms with Gasteiger partial charge in [-0.25, -0.2) is 9.78 Å². The zero-order valence-electron chi connectivity index (χ0n) is 10.0. The Balaban J connectivity index is 2.28. The summed E-state index contributed by atoms with van der Waals surface area (Å²) in [6.07, 6.45) is 1.68. The normalized spacial score (nSPS) is 10.9. The summed E-state index contributed by atoms with van der Waals surface area (Å²) >= 11 is 6.93. The van der Waals surface area contributed by atoms with Gasteiger partial charge in [0.15, 0.2) is 0 Å². The molecule has 0 saturated carbocycles. The third-order valence-corrected chi connectivity index (χ3v) is 4.13. The molecule has 0 aliphatic carbocycles. The first-order valence-electron chi connectivity index (χ1n) is 5.72. The SMILES string of the molecule is O=C(O)c1ccc2ncn(-c3cc(Br)ccc3Br)c2c1. The number of carboxylic acids is 1. The zero-order valence-corrected chi connectivity index (χ0v) is 13.2. The van der Waals surface area contributed by atoms with Crippen LogP contribution in [0.15, 0.2) is 51.7 Å². The maximum Gasteiger partial charge on any atom is 0.335 e. The molecule has 0 bridgehead atoms. The van der Waals surface area contributed by atoms with Crippen molar-refractivity contribution in [3.63, 3.8) is 0 Å². The van der Waals surface area contributed by atoms with Crippen LogP contribution in [0, 0.1) is 0 Å². The van der Waals surface area contributed by atoms with E-state index in [2.05, 4.69) is 36.8 Å². The van der Waals surface area contributed by atoms with E-state index in [1.54, 1.807) is 24.5 Å². The van der Waals surface area contributed by atoms with Gasteiger partial charge in [-0.1, -0.05) is 15.9 Å². The number of nitrogens with zero attached hydrogens (tertiary/aromatic N) is 2. The second-order valence-electron chi connectivity index (χ2n) is 4.22. The first-order chi connectivity index (χ1) is 9.56. The minimum absolute atomic E-state index is 0.241. The summed E-state index contributed by atoms with van der Waals surface area (Å²) in [5, 5.41) is 9.10. The van der Waals surface area contributed by atoms with E-state index < -0.39 is 5.97 Å². The van der Waals surface area contributed by atoms with Gasteiger partial charge < -0.3 is 5.11 Å². The van der Waals surface area contributed by atoms with Crippen LogP contribution in [-0.2, 0) is 0 Å². The largest absolute Gasteiger partial charge is 0.478 e. The van der Waals surface area contributed by atoms with Crippen molar-refractivity contribution in [2.75, 3.05) is 0 Å². The van der Waals surface area contributed by atoms with Gasteiger partial charge in [0.2, 0.25) is 0 Å². The summed E-state index contributed by atoms with van der Waals surface area (Å²) in [4.78, 5) is 15.4. The van der Waals surface area contributed by atoms with Crippen LogP contribution in [0.3, 0.4) is 0 Å². The Kier molecular flexibility index (Phi) is 3.35. The van der Waals surface area contributed by atoms with Crippen molar-refractivity contribution in [3.05, 3.63) is 57.2 Å². The fourth-order valence-electron chi connectivity index (χ4n) is 2.00. The fraction of sp³-hybridized carbons (Fsp3) is 0. The Morgan fingerprint density at radius 3 is 2.70 bits per heavy atom. The average Bonchev–Trinajstić information content (AvgIpc) is 2.84. The highest BCUT2D eigenvalue weighted by Gasteiger charge is 2.11. The van der Waals surface area contributed by atoms with Crippen LogP contribution >= 0.6 is 31.9 Å². The molecule has 1 N–H and O–H groups in total. The van der Waals surface area contributed by atoms with Gasteiger partial charge >= 0.3 is 5.97 Å². The molecule has 20 heavy (non-hydrogen) atoms. The van der Waals surface area contributed by atoms with Gasteiger partial charge in [0, 0.05) is 8.95 Å². The Morgan fingerprint density at radius 2 is 1.95 bits per heavy atom. The summed E-state index contributed by atoms with van der Waals surface area (Å²) in [6.45, 7) is 0. The number of aromatic carboxylic acids is 1. The van der Waals surface area contributed by atoms with Crippen LogP contribution in [0.5, 0.6) is 0 Å². The predicted octanol–water partition coefficient (Wildman–Crippen LogP) is 4.25. The topological polar surface area (TPSA) is 55.1 Å². The molecule has 100 valence electrons. The van der Waals surface area contributed by atoms with E-state index in [-0.39, 0.29) is 5.56 Å². The van der Waals surface area contributed by atoms with E-state index in [1.807, 2.05) is 22.8 Å². The quantitative estimate of drug-likeness (QED) is 0.705. The predicted molar refractivity (Wildman–Crippen MR) is 83.4 cm³/mol. The second kappa shape index (κ2) is 5.03. The van der Waals surface area contributed by atoms with Crippen LogP contribution in [0.2, 0.25) is 0 Å². The number of benzene rings is 2. The van der Waals surface area contributed by atoms with E-state index in [1.165, 1.54) is 0 Å². The molecule has 0 fully saturated rings. The van der Waals surface area contributed by atoms with Crippen molar-refractivity contribution >= 4 is 48.9 Å². The average molecular weight is 396 g/mol. The molecule has 4 nitrogen and oxygen atoms in total. The molecular formula is C14H8Br2N2O2. The number of aromatic nitrogens is 2. The number of rotatable bonds is 2. The van der Waals surface area contributed by atoms with E-state index >= 15 is 0 Å². The van der Waals surface area contributed by atoms with Crippen LogP contribution < -0.4 is 0 Å². The number of halogens is 2. The minimum Gasteiger partial charge on any atom is -0.478 e. The third-order valence-electron chi connectivity index (χ3n) is 2.96. The van der Waals surface area contributed by atoms with Crippen LogP contribution in [0.25, 0.3) is 16.7 Å². The summed E-state index contributed by atoms with van der Waals surface area (Å²) in [7, 11) is 0. The van der Waals surface area contributed by atoms with Gasteiger partial charge in [-0.15, -0.1) is 0 Å². The smallest absolute Gasteiger partial charge is 0.335 e. The molecule has 0 spiro atoms. The molecule has 2 aromatic carbocycles. The summed E-state index contributed by atoms with van der Waals surface area (Å²) < 4.78 is 3.70. The standard InChI is InChI=1S/C14H8Br2N2O2/c15-9-2-3-10(16)12(6-9)18-7-17-11-4-1-8(14(19)20)5-13(11)18/h1-7H,(H,19,20). The van der Waals surface area contributed by atoms with E-state index in [4.69, 9.17) is 5.11 Å². The number of fused-ring (bicyclic) bond motifs is 1. The molecule has 1 heterocycles. The van der Waals surface area contributed by atoms with Gasteiger partial charge in [0.05, 0.1) is 22.3 Å². The lowest BCUT2D eigenvalue weighted by Gasteiger charge is -2.08. The number of carboxylic acid groups (broad SMARTS) is 1. The molecule has 0 saturated heterocycles. The Labute approximate surface area is 131 Å². The highest BCUT2D eigenvalue weighted by molar-refractivity contribution is 9.11. The van der Waals surface area contributed by atoms with E-state index in [9.17, 15) is 4.79 Å². The lowest BCUT2D eigenvalue weighted by Crippen LogP contribution is -1.98. The van der Waals surface area contributed by atoms with Crippen molar-refractivity contribution in [1.29, 1.82) is 0 Å². The third kappa shape index (κ3) is 2.25. The van der Waals surface area contributed by atoms with Crippen LogP contribution in [0.1, 0.15) is 10.4 Å². The molecular weight excluding hydrogens is 388 g/mol. The van der Waals surface area contributed by atoms with Gasteiger partial charge in [0.1, 0.15) is 6.33 Å². The van der Waals surface area contributed by atoms with Crippen LogP contribution in [0.4, 0.5) is 0 Å². The van der Waals surface area contributed by atoms with Crippen molar-refractivity contribution in [1.82, 2.24) is 9.55 Å². The van der Waals surface area contributed by atoms with Gasteiger partial charge in [-0.2, -0.15) is 0 Å². The number of hydrogen-bond acceptors (Lipinski definition) is 2. The maximum absolute atomic E-state index is 11.1. The molecule has 3 rings (SSSR count). The molecule has 0 unspecified atom stereocenters. The Hall–Kier alpha value is -1.66. The number of imidazole rings is 1. The lowest BCUT2D eigenvalue weighted by atomic mass is 10.2. The Bertz CT molecular complexity index is 827. The molecule has 0 radical (unpaired) electrons. The van der Waals surface area contributed by atoms with Gasteiger partial charge in [-0.05, 0) is 52.3 Å². The van der Waals surface area contributed by atoms with E-state index in [0.717, 1.165) is 25.7 Å². The highest BCUT2D eigenvalue weighted by Crippen LogP contribution is 2.28. The van der Waals surface area contributed by atoms with Crippen molar-refractivity contribution in [3.8, 4) is 5.69 Å². The summed E-state index contributed by atoms with van der Waals surface area (Å²) in [6, 6.07) is 10.7. The van der Waals surface area contributed by atoms with Crippen molar-refractivity contribution < 1.29 is 9.90 Å². The van der Waals surface area contributed by atoms with Crippen LogP contribution in [-0.4, -0.2) is 20.6 Å². The van der Waals surface area contributed by atoms with Gasteiger partial charge in [0.25, 0.3) is 0 Å². The molecule has 0 amide bonds. The monoisotopic (exact) mass is 394 g/mol. The van der Waals surface area contributed by atoms with Crippen molar-refractivity contribution in [2.24, 2.45) is 0 Å². The number of carbonyl (C=O) groups is 1. The zero-order chi connectivity index (χ0) is 14.3. The maximum atomic E-state index is 11.1. The summed E-state index contributed by atoms with van der Waals surface area (Å²) in [5.74, 6) is -0.951. The molecule has 0 aliphatic rings. The highest BCUT2D eigenvalue weighted by atomic mass is 79.9. The van der Waals surface area contributed by atoms with Gasteiger partial charge in [-0.3, -0.25) is 4.57 Å². The molecule has 0 atom stereocenters. The first kappa shape index (κ1) is 13.3. The molecule has 3 aromatic rings. The van der Waals surface area contributed by atoms with Crippen molar-refractivity contribution in [2.45, 2.75) is 0 Å². The molecule has 1 aromatic heterocycles. The van der Waals surface area contributed by atoms with E-state index in [0.29, 0.717) is 0 Å². The Morgan fingerprint density at radius 1 is 1.15 bits per heavy atom. The summed E-state index contributed by atoms with van der Waals surface area (Å²) in [5.41, 5.74) is 2.64. The molecule has 0 aliphatic heterocycles. The minimum atomic E-state index is -0.951. The first-order valence-corrected chi connectivity index (χ1v) is 7.30. The number of hydrogen-bond donors (Lipinski definition) is 1. The lowest BCUT2D eigenvalue weighted by molar-refractivity contribution is 0.0697. The second-order valence-corrected chi connectivity index (χ2v) is 5.99. The fourth-order valence-corrected chi connectivity index (χ4v) is 2.79.